The zero-order valence-corrected chi connectivity index (χ0v) is 34.3. The summed E-state index contributed by atoms with van der Waals surface area (Å²) in [5.74, 6) is -3.32. The third-order valence-electron chi connectivity index (χ3n) is 11.0. The van der Waals surface area contributed by atoms with Gasteiger partial charge in [0.1, 0.15) is 35.9 Å². The topological polar surface area (TPSA) is 146 Å². The summed E-state index contributed by atoms with van der Waals surface area (Å²) in [4.78, 5) is 34.3. The molecule has 2 saturated carbocycles. The molecule has 0 radical (unpaired) electrons. The van der Waals surface area contributed by atoms with E-state index in [1.807, 2.05) is 6.07 Å². The summed E-state index contributed by atoms with van der Waals surface area (Å²) in [5, 5.41) is 10.8. The van der Waals surface area contributed by atoms with Crippen LogP contribution >= 0.6 is 11.6 Å². The van der Waals surface area contributed by atoms with E-state index in [1.54, 1.807) is 19.2 Å². The van der Waals surface area contributed by atoms with Gasteiger partial charge in [0.15, 0.2) is 5.82 Å². The lowest BCUT2D eigenvalue weighted by molar-refractivity contribution is -0.125. The van der Waals surface area contributed by atoms with E-state index in [9.17, 15) is 30.8 Å². The lowest BCUT2D eigenvalue weighted by atomic mass is 10.0. The van der Waals surface area contributed by atoms with Crippen molar-refractivity contribution in [1.29, 1.82) is 0 Å². The zero-order valence-electron chi connectivity index (χ0n) is 32.7. The highest BCUT2D eigenvalue weighted by Crippen LogP contribution is 2.40. The summed E-state index contributed by atoms with van der Waals surface area (Å²) in [6.45, 7) is 0.536. The van der Waals surface area contributed by atoms with E-state index < -0.39 is 69.2 Å². The molecule has 3 aromatic heterocycles. The molecule has 3 heterocycles. The standard InChI is InChI=1S/C43H36ClF5N8O4S/c1-22(55-15-14-33(52-55)24-6-7-24)42(58)51-35(18-23-16-26(45)20-27(46)17-23)41-50-34-19-25(29-4-2-3-5-32(29)47)8-11-30(34)43(59)57(41)36-13-12-31(44)38-39(36)56(21-37(48)49)53-40(38)54-62(60,61)28-9-10-28/h2-5,8,11-17,19-20,22,24,28,35,37H,6-7,9-10,18,21H2,1H3,(H,51,58)(H,53,54)/t22?,35-/m0/s1. The molecule has 0 saturated heterocycles. The minimum atomic E-state index is -4.01. The number of carbonyl (C=O) groups is 1. The maximum absolute atomic E-state index is 15.1. The van der Waals surface area contributed by atoms with Gasteiger partial charge in [0.2, 0.25) is 15.9 Å². The Morgan fingerprint density at radius 1 is 0.935 bits per heavy atom. The van der Waals surface area contributed by atoms with Gasteiger partial charge in [-0.3, -0.25) is 28.2 Å². The third-order valence-corrected chi connectivity index (χ3v) is 13.2. The molecule has 2 atom stereocenters. The SMILES string of the molecule is CC(C(=O)N[C@@H](Cc1cc(F)cc(F)c1)c1nc2cc(-c3ccccc3F)ccc2c(=O)n1-c1ccc(Cl)c2c(NS(=O)(=O)C3CC3)nn(CC(F)F)c12)n1ccc(C2CC2)n1. The Balaban J connectivity index is 1.29. The summed E-state index contributed by atoms with van der Waals surface area (Å²) in [5.41, 5.74) is 0.323. The maximum Gasteiger partial charge on any atom is 0.266 e. The van der Waals surface area contributed by atoms with E-state index in [0.717, 1.165) is 39.9 Å². The molecule has 2 aliphatic rings. The number of alkyl halides is 2. The van der Waals surface area contributed by atoms with Crippen molar-refractivity contribution in [3.63, 3.8) is 0 Å². The minimum absolute atomic E-state index is 0.0223. The maximum atomic E-state index is 15.1. The van der Waals surface area contributed by atoms with Gasteiger partial charge in [-0.1, -0.05) is 35.9 Å². The Morgan fingerprint density at radius 2 is 1.68 bits per heavy atom. The number of sulfonamides is 1. The van der Waals surface area contributed by atoms with Crippen molar-refractivity contribution in [2.24, 2.45) is 0 Å². The number of fused-ring (bicyclic) bond motifs is 2. The molecule has 1 unspecified atom stereocenters. The summed E-state index contributed by atoms with van der Waals surface area (Å²) < 4.78 is 105. The summed E-state index contributed by atoms with van der Waals surface area (Å²) in [6, 6.07) is 15.3. The van der Waals surface area contributed by atoms with E-state index in [0.29, 0.717) is 24.5 Å². The van der Waals surface area contributed by atoms with Crippen molar-refractivity contribution in [1.82, 2.24) is 34.4 Å². The summed E-state index contributed by atoms with van der Waals surface area (Å²) in [6.07, 6.45) is 0.988. The van der Waals surface area contributed by atoms with Crippen molar-refractivity contribution in [2.75, 3.05) is 4.72 Å². The van der Waals surface area contributed by atoms with Gasteiger partial charge in [0, 0.05) is 30.2 Å². The summed E-state index contributed by atoms with van der Waals surface area (Å²) >= 11 is 6.70. The molecule has 12 nitrogen and oxygen atoms in total. The predicted molar refractivity (Wildman–Crippen MR) is 222 cm³/mol. The number of amides is 1. The highest BCUT2D eigenvalue weighted by atomic mass is 35.5. The highest BCUT2D eigenvalue weighted by Gasteiger charge is 2.37. The molecule has 2 N–H and O–H groups in total. The Bertz CT molecular complexity index is 3070. The first-order valence-electron chi connectivity index (χ1n) is 19.8. The first-order valence-corrected chi connectivity index (χ1v) is 21.7. The van der Waals surface area contributed by atoms with E-state index in [2.05, 4.69) is 20.2 Å². The number of halogens is 6. The van der Waals surface area contributed by atoms with Crippen LogP contribution in [0.3, 0.4) is 0 Å². The van der Waals surface area contributed by atoms with Crippen LogP contribution in [0.5, 0.6) is 0 Å². The van der Waals surface area contributed by atoms with Crippen LogP contribution in [0.25, 0.3) is 38.6 Å². The lowest BCUT2D eigenvalue weighted by Crippen LogP contribution is -2.39. The fourth-order valence-electron chi connectivity index (χ4n) is 7.66. The van der Waals surface area contributed by atoms with Gasteiger partial charge < -0.3 is 5.32 Å². The largest absolute Gasteiger partial charge is 0.344 e. The fourth-order valence-corrected chi connectivity index (χ4v) is 9.23. The van der Waals surface area contributed by atoms with Gasteiger partial charge >= 0.3 is 0 Å². The Hall–Kier alpha value is -6.14. The number of rotatable bonds is 14. The predicted octanol–water partition coefficient (Wildman–Crippen LogP) is 8.38. The van der Waals surface area contributed by atoms with Crippen molar-refractivity contribution in [3.05, 3.63) is 135 Å². The van der Waals surface area contributed by atoms with E-state index in [4.69, 9.17) is 16.6 Å². The minimum Gasteiger partial charge on any atom is -0.344 e. The molecule has 2 aliphatic carbocycles. The van der Waals surface area contributed by atoms with Gasteiger partial charge in [0.25, 0.3) is 12.0 Å². The lowest BCUT2D eigenvalue weighted by Gasteiger charge is -2.25. The van der Waals surface area contributed by atoms with Crippen LogP contribution in [0.1, 0.15) is 67.7 Å². The normalized spacial score (nSPS) is 15.4. The second-order valence-electron chi connectivity index (χ2n) is 15.6. The number of anilines is 1. The van der Waals surface area contributed by atoms with E-state index in [1.165, 1.54) is 53.2 Å². The van der Waals surface area contributed by atoms with E-state index in [-0.39, 0.29) is 67.6 Å². The number of nitrogens with zero attached hydrogens (tertiary/aromatic N) is 6. The van der Waals surface area contributed by atoms with Crippen LogP contribution < -0.4 is 15.6 Å². The molecule has 19 heteroatoms. The van der Waals surface area contributed by atoms with Crippen LogP contribution in [0.15, 0.2) is 89.9 Å². The Kier molecular flexibility index (Phi) is 10.6. The van der Waals surface area contributed by atoms with Crippen LogP contribution in [0.4, 0.5) is 27.8 Å². The monoisotopic (exact) mass is 890 g/mol. The molecule has 0 aliphatic heterocycles. The van der Waals surface area contributed by atoms with Gasteiger partial charge in [0.05, 0.1) is 49.5 Å². The average molecular weight is 891 g/mol. The molecule has 4 aromatic carbocycles. The molecule has 2 fully saturated rings. The molecule has 0 spiro atoms. The van der Waals surface area contributed by atoms with Crippen molar-refractivity contribution >= 4 is 55.2 Å². The van der Waals surface area contributed by atoms with Crippen LogP contribution in [-0.4, -0.2) is 55.1 Å². The molecule has 62 heavy (non-hydrogen) atoms. The van der Waals surface area contributed by atoms with Crippen LogP contribution in [0.2, 0.25) is 5.02 Å². The Labute approximate surface area is 355 Å². The number of aromatic nitrogens is 6. The molecule has 9 rings (SSSR count). The number of hydrogen-bond acceptors (Lipinski definition) is 7. The zero-order chi connectivity index (χ0) is 43.6. The van der Waals surface area contributed by atoms with Gasteiger partial charge in [-0.15, -0.1) is 0 Å². The van der Waals surface area contributed by atoms with Crippen molar-refractivity contribution in [3.8, 4) is 16.8 Å². The molecule has 320 valence electrons. The first-order chi connectivity index (χ1) is 29.6. The number of benzene rings is 4. The second kappa shape index (κ2) is 16.0. The Morgan fingerprint density at radius 3 is 2.37 bits per heavy atom. The first kappa shape index (κ1) is 41.2. The quantitative estimate of drug-likeness (QED) is 0.104. The molecule has 1 amide bonds. The van der Waals surface area contributed by atoms with E-state index >= 15 is 9.18 Å². The highest BCUT2D eigenvalue weighted by molar-refractivity contribution is 7.93. The molecular formula is C43H36ClF5N8O4S. The van der Waals surface area contributed by atoms with Gasteiger partial charge in [-0.2, -0.15) is 10.2 Å². The van der Waals surface area contributed by atoms with Gasteiger partial charge in [-0.25, -0.2) is 35.4 Å². The third kappa shape index (κ3) is 8.03. The van der Waals surface area contributed by atoms with Crippen molar-refractivity contribution in [2.45, 2.75) is 75.2 Å². The number of carbonyl (C=O) groups excluding carboxylic acids is 1. The molecular weight excluding hydrogens is 855 g/mol. The average Bonchev–Trinajstić information content (AvgIpc) is 4.17. The fraction of sp³-hybridized carbons (Fsp3) is 0.279. The van der Waals surface area contributed by atoms with Crippen LogP contribution in [-0.2, 0) is 27.8 Å². The van der Waals surface area contributed by atoms with Crippen molar-refractivity contribution < 1.29 is 35.2 Å². The summed E-state index contributed by atoms with van der Waals surface area (Å²) in [7, 11) is -4.01. The van der Waals surface area contributed by atoms with Crippen LogP contribution in [0, 0.1) is 17.5 Å². The molecule has 7 aromatic rings. The number of hydrogen-bond donors (Lipinski definition) is 2. The van der Waals surface area contributed by atoms with Gasteiger partial charge in [-0.05, 0) is 92.3 Å². The smallest absolute Gasteiger partial charge is 0.266 e. The second-order valence-corrected chi connectivity index (χ2v) is 18.0. The number of nitrogens with one attached hydrogen (secondary N) is 2. The molecule has 0 bridgehead atoms.